The lowest BCUT2D eigenvalue weighted by Gasteiger charge is -2.18. The fraction of sp³-hybridized carbons (Fsp3) is 0.750. The van der Waals surface area contributed by atoms with Crippen molar-refractivity contribution in [3.8, 4) is 0 Å². The third-order valence-corrected chi connectivity index (χ3v) is 2.44. The maximum atomic E-state index is 12.9. The van der Waals surface area contributed by atoms with Crippen molar-refractivity contribution in [2.24, 2.45) is 0 Å². The van der Waals surface area contributed by atoms with Crippen molar-refractivity contribution in [1.29, 1.82) is 0 Å². The number of hydrogen-bond donors (Lipinski definition) is 0. The molecule has 0 saturated heterocycles. The molecule has 0 aromatic rings. The normalized spacial score (nSPS) is 17.3. The molecule has 0 bridgehead atoms. The summed E-state index contributed by atoms with van der Waals surface area (Å²) in [5, 5.41) is -3.22. The summed E-state index contributed by atoms with van der Waals surface area (Å²) in [6.07, 6.45) is 2.50. The van der Waals surface area contributed by atoms with Crippen molar-refractivity contribution in [3.63, 3.8) is 0 Å². The molecule has 0 radical (unpaired) electrons. The Kier molecular flexibility index (Phi) is 6.09. The van der Waals surface area contributed by atoms with Crippen molar-refractivity contribution in [1.82, 2.24) is 0 Å². The number of ether oxygens (including phenoxy) is 1. The summed E-state index contributed by atoms with van der Waals surface area (Å²) < 4.78 is 42.6. The molecule has 1 atom stereocenters. The molecule has 0 saturated carbocycles. The van der Waals surface area contributed by atoms with Crippen LogP contribution in [0, 0.1) is 0 Å². The highest BCUT2D eigenvalue weighted by atomic mass is 79.9. The van der Waals surface area contributed by atoms with Gasteiger partial charge in [0.1, 0.15) is 0 Å². The Morgan fingerprint density at radius 1 is 1.43 bits per heavy atom. The number of rotatable bonds is 6. The lowest BCUT2D eigenvalue weighted by molar-refractivity contribution is 0.0214. The third kappa shape index (κ3) is 5.22. The minimum Gasteiger partial charge on any atom is -0.377 e. The second-order valence-corrected chi connectivity index (χ2v) is 4.14. The molecule has 0 aliphatic rings. The first kappa shape index (κ1) is 14.3. The topological polar surface area (TPSA) is 9.23 Å². The van der Waals surface area contributed by atoms with Crippen LogP contribution < -0.4 is 0 Å². The van der Waals surface area contributed by atoms with Gasteiger partial charge in [-0.25, -0.2) is 4.39 Å². The minimum absolute atomic E-state index is 0.0648. The van der Waals surface area contributed by atoms with Crippen LogP contribution in [0.25, 0.3) is 0 Å². The summed E-state index contributed by atoms with van der Waals surface area (Å²) in [6.45, 7) is 2.46. The first-order chi connectivity index (χ1) is 6.31. The van der Waals surface area contributed by atoms with Gasteiger partial charge in [-0.2, -0.15) is 8.78 Å². The summed E-state index contributed by atoms with van der Waals surface area (Å²) in [5.41, 5.74) is 0. The molecule has 0 spiro atoms. The zero-order chi connectivity index (χ0) is 11.2. The Labute approximate surface area is 94.4 Å². The van der Waals surface area contributed by atoms with Crippen LogP contribution in [0.15, 0.2) is 12.2 Å². The van der Waals surface area contributed by atoms with Gasteiger partial charge in [-0.1, -0.05) is 24.6 Å². The molecule has 0 amide bonds. The summed E-state index contributed by atoms with van der Waals surface area (Å²) in [5.74, 6) is 0. The van der Waals surface area contributed by atoms with E-state index in [0.717, 1.165) is 12.5 Å². The van der Waals surface area contributed by atoms with E-state index in [9.17, 15) is 13.2 Å². The largest absolute Gasteiger partial charge is 0.377 e. The molecule has 14 heavy (non-hydrogen) atoms. The minimum atomic E-state index is -3.79. The SMILES string of the molecule is CCCOCC=CC(F)(Cl)C(F)(F)Br. The van der Waals surface area contributed by atoms with E-state index in [4.69, 9.17) is 16.3 Å². The van der Waals surface area contributed by atoms with Gasteiger partial charge in [0.25, 0.3) is 5.13 Å². The predicted octanol–water partition coefficient (Wildman–Crippen LogP) is 3.86. The Morgan fingerprint density at radius 2 is 2.00 bits per heavy atom. The number of allylic oxidation sites excluding steroid dienone is 1. The Morgan fingerprint density at radius 3 is 2.43 bits per heavy atom. The van der Waals surface area contributed by atoms with E-state index in [1.54, 1.807) is 0 Å². The maximum Gasteiger partial charge on any atom is 0.352 e. The Bertz CT molecular complexity index is 192. The van der Waals surface area contributed by atoms with Crippen LogP contribution in [0.5, 0.6) is 0 Å². The molecule has 1 unspecified atom stereocenters. The number of halogens is 5. The molecule has 0 rings (SSSR count). The average molecular weight is 296 g/mol. The predicted molar refractivity (Wildman–Crippen MR) is 53.8 cm³/mol. The average Bonchev–Trinajstić information content (AvgIpc) is 2.02. The highest BCUT2D eigenvalue weighted by Gasteiger charge is 2.49. The second-order valence-electron chi connectivity index (χ2n) is 2.60. The summed E-state index contributed by atoms with van der Waals surface area (Å²) in [7, 11) is 0. The van der Waals surface area contributed by atoms with Gasteiger partial charge >= 0.3 is 4.83 Å². The first-order valence-corrected chi connectivity index (χ1v) is 5.18. The van der Waals surface area contributed by atoms with Crippen LogP contribution in [-0.4, -0.2) is 23.2 Å². The van der Waals surface area contributed by atoms with Crippen LogP contribution in [0.2, 0.25) is 0 Å². The molecule has 0 aromatic carbocycles. The van der Waals surface area contributed by atoms with Crippen LogP contribution >= 0.6 is 27.5 Å². The Balaban J connectivity index is 3.97. The second kappa shape index (κ2) is 5.98. The molecule has 0 aliphatic heterocycles. The standard InChI is InChI=1S/C8H11BrClF3O/c1-2-5-14-6-3-4-7(10,11)8(9,12)13/h3-4H,2,5-6H2,1H3. The molecule has 0 heterocycles. The fourth-order valence-corrected chi connectivity index (χ4v) is 0.808. The van der Waals surface area contributed by atoms with Gasteiger partial charge in [0.15, 0.2) is 0 Å². The van der Waals surface area contributed by atoms with Crippen molar-refractivity contribution in [2.75, 3.05) is 13.2 Å². The van der Waals surface area contributed by atoms with Gasteiger partial charge in [0, 0.05) is 6.61 Å². The van der Waals surface area contributed by atoms with E-state index < -0.39 is 9.96 Å². The van der Waals surface area contributed by atoms with E-state index in [1.165, 1.54) is 0 Å². The smallest absolute Gasteiger partial charge is 0.352 e. The van der Waals surface area contributed by atoms with Gasteiger partial charge in [-0.05, 0) is 28.4 Å². The van der Waals surface area contributed by atoms with Crippen LogP contribution in [0.4, 0.5) is 13.2 Å². The first-order valence-electron chi connectivity index (χ1n) is 4.01. The Hall–Kier alpha value is 0.260. The van der Waals surface area contributed by atoms with Crippen molar-refractivity contribution in [2.45, 2.75) is 23.3 Å². The molecule has 1 nitrogen and oxygen atoms in total. The molecular weight excluding hydrogens is 284 g/mol. The lowest BCUT2D eigenvalue weighted by atomic mass is 10.3. The molecule has 0 aromatic heterocycles. The summed E-state index contributed by atoms with van der Waals surface area (Å²) in [4.78, 5) is -3.79. The van der Waals surface area contributed by atoms with Gasteiger partial charge in [0.05, 0.1) is 6.61 Å². The van der Waals surface area contributed by atoms with Gasteiger partial charge < -0.3 is 4.74 Å². The number of hydrogen-bond acceptors (Lipinski definition) is 1. The zero-order valence-corrected chi connectivity index (χ0v) is 9.92. The molecular formula is C8H11BrClF3O. The van der Waals surface area contributed by atoms with Gasteiger partial charge in [0.2, 0.25) is 0 Å². The van der Waals surface area contributed by atoms with E-state index in [0.29, 0.717) is 12.7 Å². The third-order valence-electron chi connectivity index (χ3n) is 1.27. The molecule has 0 fully saturated rings. The molecule has 0 N–H and O–H groups in total. The van der Waals surface area contributed by atoms with Crippen molar-refractivity contribution in [3.05, 3.63) is 12.2 Å². The monoisotopic (exact) mass is 294 g/mol. The van der Waals surface area contributed by atoms with E-state index in [2.05, 4.69) is 0 Å². The molecule has 0 aliphatic carbocycles. The molecule has 6 heteroatoms. The maximum absolute atomic E-state index is 12.9. The van der Waals surface area contributed by atoms with Crippen LogP contribution in [-0.2, 0) is 4.74 Å². The summed E-state index contributed by atoms with van der Waals surface area (Å²) in [6, 6.07) is 0. The van der Waals surface area contributed by atoms with Crippen molar-refractivity contribution < 1.29 is 17.9 Å². The van der Waals surface area contributed by atoms with E-state index >= 15 is 0 Å². The van der Waals surface area contributed by atoms with E-state index in [-0.39, 0.29) is 6.61 Å². The highest BCUT2D eigenvalue weighted by molar-refractivity contribution is 9.10. The quantitative estimate of drug-likeness (QED) is 0.411. The van der Waals surface area contributed by atoms with Gasteiger partial charge in [-0.3, -0.25) is 0 Å². The van der Waals surface area contributed by atoms with Crippen molar-refractivity contribution >= 4 is 27.5 Å². The van der Waals surface area contributed by atoms with Gasteiger partial charge in [-0.15, -0.1) is 0 Å². The highest BCUT2D eigenvalue weighted by Crippen LogP contribution is 2.42. The molecule has 84 valence electrons. The van der Waals surface area contributed by atoms with Crippen LogP contribution in [0.3, 0.4) is 0 Å². The fourth-order valence-electron chi connectivity index (χ4n) is 0.586. The summed E-state index contributed by atoms with van der Waals surface area (Å²) >= 11 is 6.77. The van der Waals surface area contributed by atoms with E-state index in [1.807, 2.05) is 22.9 Å². The lowest BCUT2D eigenvalue weighted by Crippen LogP contribution is -2.31. The zero-order valence-electron chi connectivity index (χ0n) is 7.57. The number of alkyl halides is 5. The van der Waals surface area contributed by atoms with Crippen LogP contribution in [0.1, 0.15) is 13.3 Å².